The normalized spacial score (nSPS) is 36.9. The Balaban J connectivity index is 1.76. The second-order valence-electron chi connectivity index (χ2n) is 6.40. The van der Waals surface area contributed by atoms with Crippen LogP contribution in [0.2, 0.25) is 0 Å². The Hall–Kier alpha value is -0.120. The van der Waals surface area contributed by atoms with Gasteiger partial charge in [0.15, 0.2) is 0 Å². The van der Waals surface area contributed by atoms with Crippen LogP contribution >= 0.6 is 0 Å². The Morgan fingerprint density at radius 3 is 2.50 bits per heavy atom. The lowest BCUT2D eigenvalue weighted by Gasteiger charge is -2.29. The van der Waals surface area contributed by atoms with Gasteiger partial charge in [-0.25, -0.2) is 0 Å². The van der Waals surface area contributed by atoms with E-state index in [1.807, 2.05) is 0 Å². The monoisotopic (exact) mass is 226 g/mol. The first-order valence-corrected chi connectivity index (χ1v) is 6.53. The fraction of sp³-hybridized carbons (Fsp3) is 1.00. The summed E-state index contributed by atoms with van der Waals surface area (Å²) in [5.74, 6) is 0.793. The first kappa shape index (κ1) is 12.3. The van der Waals surface area contributed by atoms with Crippen molar-refractivity contribution in [2.24, 2.45) is 22.5 Å². The summed E-state index contributed by atoms with van der Waals surface area (Å²) in [6.45, 7) is 10.5. The summed E-state index contributed by atoms with van der Waals surface area (Å²) in [5, 5.41) is 3.62. The standard InChI is InChI=1S/C13H26N2O/c1-10(2)13(4-5-13)8-15-7-12(3)9-16-6-11(12)14/h10-11,15H,4-9,14H2,1-3H3. The van der Waals surface area contributed by atoms with Crippen LogP contribution in [-0.2, 0) is 4.74 Å². The minimum absolute atomic E-state index is 0.132. The molecule has 1 aliphatic heterocycles. The van der Waals surface area contributed by atoms with Crippen molar-refractivity contribution in [3.8, 4) is 0 Å². The third kappa shape index (κ3) is 2.27. The molecule has 3 heteroatoms. The Labute approximate surface area is 99.1 Å². The van der Waals surface area contributed by atoms with Gasteiger partial charge in [-0.15, -0.1) is 0 Å². The molecule has 0 spiro atoms. The van der Waals surface area contributed by atoms with Gasteiger partial charge >= 0.3 is 0 Å². The maximum absolute atomic E-state index is 6.07. The van der Waals surface area contributed by atoms with Crippen molar-refractivity contribution < 1.29 is 4.74 Å². The van der Waals surface area contributed by atoms with Gasteiger partial charge < -0.3 is 15.8 Å². The topological polar surface area (TPSA) is 47.3 Å². The minimum atomic E-state index is 0.132. The zero-order chi connectivity index (χ0) is 11.8. The van der Waals surface area contributed by atoms with Gasteiger partial charge in [-0.05, 0) is 24.2 Å². The second kappa shape index (κ2) is 4.28. The Kier molecular flexibility index (Phi) is 3.30. The molecule has 1 aliphatic carbocycles. The van der Waals surface area contributed by atoms with E-state index in [-0.39, 0.29) is 11.5 Å². The Morgan fingerprint density at radius 2 is 2.06 bits per heavy atom. The molecule has 1 saturated carbocycles. The predicted octanol–water partition coefficient (Wildman–Crippen LogP) is 1.38. The predicted molar refractivity (Wildman–Crippen MR) is 66.3 cm³/mol. The molecule has 2 aliphatic rings. The molecule has 1 saturated heterocycles. The van der Waals surface area contributed by atoms with Crippen molar-refractivity contribution in [1.29, 1.82) is 0 Å². The zero-order valence-corrected chi connectivity index (χ0v) is 10.9. The van der Waals surface area contributed by atoms with Crippen LogP contribution < -0.4 is 11.1 Å². The Bertz CT molecular complexity index is 250. The quantitative estimate of drug-likeness (QED) is 0.744. The van der Waals surface area contributed by atoms with Crippen molar-refractivity contribution in [3.63, 3.8) is 0 Å². The summed E-state index contributed by atoms with van der Waals surface area (Å²) in [7, 11) is 0. The third-order valence-corrected chi connectivity index (χ3v) is 4.75. The van der Waals surface area contributed by atoms with Crippen LogP contribution in [0.3, 0.4) is 0 Å². The van der Waals surface area contributed by atoms with E-state index in [1.165, 1.54) is 12.8 Å². The van der Waals surface area contributed by atoms with Crippen LogP contribution in [0.4, 0.5) is 0 Å². The van der Waals surface area contributed by atoms with Crippen LogP contribution in [-0.4, -0.2) is 32.3 Å². The lowest BCUT2D eigenvalue weighted by molar-refractivity contribution is 0.156. The highest BCUT2D eigenvalue weighted by Gasteiger charge is 2.45. The molecule has 0 aromatic heterocycles. The van der Waals surface area contributed by atoms with Crippen molar-refractivity contribution in [1.82, 2.24) is 5.32 Å². The van der Waals surface area contributed by atoms with Crippen molar-refractivity contribution in [2.45, 2.75) is 39.7 Å². The summed E-state index contributed by atoms with van der Waals surface area (Å²) < 4.78 is 5.45. The smallest absolute Gasteiger partial charge is 0.0624 e. The van der Waals surface area contributed by atoms with Gasteiger partial charge in [0.1, 0.15) is 0 Å². The maximum atomic E-state index is 6.07. The summed E-state index contributed by atoms with van der Waals surface area (Å²) >= 11 is 0. The van der Waals surface area contributed by atoms with E-state index in [4.69, 9.17) is 10.5 Å². The molecule has 94 valence electrons. The molecule has 2 unspecified atom stereocenters. The van der Waals surface area contributed by atoms with Crippen LogP contribution in [0.15, 0.2) is 0 Å². The fourth-order valence-electron chi connectivity index (χ4n) is 2.63. The molecule has 2 rings (SSSR count). The lowest BCUT2D eigenvalue weighted by Crippen LogP contribution is -2.46. The molecule has 16 heavy (non-hydrogen) atoms. The molecule has 0 aromatic rings. The number of ether oxygens (including phenoxy) is 1. The van der Waals surface area contributed by atoms with Gasteiger partial charge in [-0.2, -0.15) is 0 Å². The SMILES string of the molecule is CC(C)C1(CNCC2(C)COCC2N)CC1. The molecule has 3 N–H and O–H groups in total. The largest absolute Gasteiger partial charge is 0.379 e. The molecule has 1 heterocycles. The van der Waals surface area contributed by atoms with Gasteiger partial charge in [0, 0.05) is 24.5 Å². The maximum Gasteiger partial charge on any atom is 0.0624 e. The fourth-order valence-corrected chi connectivity index (χ4v) is 2.63. The highest BCUT2D eigenvalue weighted by atomic mass is 16.5. The van der Waals surface area contributed by atoms with Gasteiger partial charge in [0.25, 0.3) is 0 Å². The van der Waals surface area contributed by atoms with Crippen LogP contribution in [0.1, 0.15) is 33.6 Å². The van der Waals surface area contributed by atoms with Gasteiger partial charge in [-0.1, -0.05) is 20.8 Å². The Morgan fingerprint density at radius 1 is 1.38 bits per heavy atom. The van der Waals surface area contributed by atoms with E-state index >= 15 is 0 Å². The summed E-state index contributed by atoms with van der Waals surface area (Å²) in [6.07, 6.45) is 2.77. The summed E-state index contributed by atoms with van der Waals surface area (Å²) in [6, 6.07) is 0.189. The van der Waals surface area contributed by atoms with Gasteiger partial charge in [-0.3, -0.25) is 0 Å². The van der Waals surface area contributed by atoms with Crippen LogP contribution in [0, 0.1) is 16.7 Å². The molecular formula is C13H26N2O. The molecule has 0 bridgehead atoms. The van der Waals surface area contributed by atoms with E-state index in [2.05, 4.69) is 26.1 Å². The molecule has 2 atom stereocenters. The van der Waals surface area contributed by atoms with E-state index in [0.717, 1.165) is 25.6 Å². The highest BCUT2D eigenvalue weighted by Crippen LogP contribution is 2.51. The van der Waals surface area contributed by atoms with E-state index in [9.17, 15) is 0 Å². The number of nitrogens with one attached hydrogen (secondary N) is 1. The molecule has 0 aromatic carbocycles. The van der Waals surface area contributed by atoms with Crippen molar-refractivity contribution in [2.75, 3.05) is 26.3 Å². The third-order valence-electron chi connectivity index (χ3n) is 4.75. The molecule has 3 nitrogen and oxygen atoms in total. The van der Waals surface area contributed by atoms with Crippen LogP contribution in [0.25, 0.3) is 0 Å². The van der Waals surface area contributed by atoms with Crippen molar-refractivity contribution in [3.05, 3.63) is 0 Å². The number of hydrogen-bond donors (Lipinski definition) is 2. The molecule has 0 amide bonds. The summed E-state index contributed by atoms with van der Waals surface area (Å²) in [4.78, 5) is 0. The van der Waals surface area contributed by atoms with Gasteiger partial charge in [0.2, 0.25) is 0 Å². The number of nitrogens with two attached hydrogens (primary N) is 1. The molecule has 2 fully saturated rings. The lowest BCUT2D eigenvalue weighted by atomic mass is 9.85. The van der Waals surface area contributed by atoms with E-state index < -0.39 is 0 Å². The first-order chi connectivity index (χ1) is 7.49. The second-order valence-corrected chi connectivity index (χ2v) is 6.40. The highest BCUT2D eigenvalue weighted by molar-refractivity contribution is 4.98. The number of rotatable bonds is 5. The van der Waals surface area contributed by atoms with Crippen LogP contribution in [0.5, 0.6) is 0 Å². The molecule has 0 radical (unpaired) electrons. The van der Waals surface area contributed by atoms with Gasteiger partial charge in [0.05, 0.1) is 13.2 Å². The molecular weight excluding hydrogens is 200 g/mol. The van der Waals surface area contributed by atoms with E-state index in [0.29, 0.717) is 12.0 Å². The van der Waals surface area contributed by atoms with Crippen molar-refractivity contribution >= 4 is 0 Å². The summed E-state index contributed by atoms with van der Waals surface area (Å²) in [5.41, 5.74) is 6.79. The average Bonchev–Trinajstić information content (AvgIpc) is 2.92. The van der Waals surface area contributed by atoms with E-state index in [1.54, 1.807) is 0 Å². The minimum Gasteiger partial charge on any atom is -0.379 e. The zero-order valence-electron chi connectivity index (χ0n) is 10.9. The first-order valence-electron chi connectivity index (χ1n) is 6.53. The average molecular weight is 226 g/mol. The number of hydrogen-bond acceptors (Lipinski definition) is 3.